The van der Waals surface area contributed by atoms with Crippen LogP contribution in [0.15, 0.2) is 11.8 Å². The first-order chi connectivity index (χ1) is 7.27. The highest BCUT2D eigenvalue weighted by Gasteiger charge is 2.13. The standard InChI is InChI=1S/C10H14N2O2S/c1-2-14-10(13)9(7-11)8-12-3-5-15-6-4-12/h8H,2-6H2,1H3/b9-8-. The lowest BCUT2D eigenvalue weighted by Crippen LogP contribution is -2.28. The van der Waals surface area contributed by atoms with Gasteiger partial charge in [0.1, 0.15) is 6.07 Å². The smallest absolute Gasteiger partial charge is 0.350 e. The largest absolute Gasteiger partial charge is 0.462 e. The molecule has 1 rings (SSSR count). The van der Waals surface area contributed by atoms with Crippen molar-refractivity contribution in [2.75, 3.05) is 31.2 Å². The lowest BCUT2D eigenvalue weighted by molar-refractivity contribution is -0.138. The summed E-state index contributed by atoms with van der Waals surface area (Å²) >= 11 is 1.88. The van der Waals surface area contributed by atoms with Crippen LogP contribution < -0.4 is 0 Å². The van der Waals surface area contributed by atoms with Gasteiger partial charge >= 0.3 is 5.97 Å². The summed E-state index contributed by atoms with van der Waals surface area (Å²) in [6.07, 6.45) is 1.61. The Morgan fingerprint density at radius 1 is 1.60 bits per heavy atom. The van der Waals surface area contributed by atoms with Crippen LogP contribution in [0.5, 0.6) is 0 Å². The van der Waals surface area contributed by atoms with Crippen molar-refractivity contribution in [2.45, 2.75) is 6.92 Å². The maximum absolute atomic E-state index is 11.3. The summed E-state index contributed by atoms with van der Waals surface area (Å²) in [4.78, 5) is 13.3. The Labute approximate surface area is 93.9 Å². The van der Waals surface area contributed by atoms with Gasteiger partial charge in [0.15, 0.2) is 5.57 Å². The molecule has 15 heavy (non-hydrogen) atoms. The second-order valence-corrected chi connectivity index (χ2v) is 4.25. The van der Waals surface area contributed by atoms with E-state index in [1.807, 2.05) is 22.7 Å². The highest BCUT2D eigenvalue weighted by atomic mass is 32.2. The molecule has 4 nitrogen and oxygen atoms in total. The molecule has 0 saturated carbocycles. The van der Waals surface area contributed by atoms with Crippen LogP contribution in [0, 0.1) is 11.3 Å². The summed E-state index contributed by atoms with van der Waals surface area (Å²) in [6.45, 7) is 3.79. The van der Waals surface area contributed by atoms with Gasteiger partial charge in [-0.2, -0.15) is 17.0 Å². The van der Waals surface area contributed by atoms with E-state index in [2.05, 4.69) is 0 Å². The summed E-state index contributed by atoms with van der Waals surface area (Å²) in [5.41, 5.74) is 0.0868. The minimum atomic E-state index is -0.529. The Balaban J connectivity index is 2.60. The van der Waals surface area contributed by atoms with Crippen LogP contribution in [0.25, 0.3) is 0 Å². The SMILES string of the molecule is CCOC(=O)/C(C#N)=C\N1CCSCC1. The molecule has 0 aromatic heterocycles. The molecular weight excluding hydrogens is 212 g/mol. The third kappa shape index (κ3) is 3.84. The summed E-state index contributed by atoms with van der Waals surface area (Å²) in [5, 5.41) is 8.80. The molecule has 0 bridgehead atoms. The van der Waals surface area contributed by atoms with Crippen molar-refractivity contribution >= 4 is 17.7 Å². The van der Waals surface area contributed by atoms with Gasteiger partial charge in [0.05, 0.1) is 6.61 Å². The molecule has 5 heteroatoms. The fourth-order valence-corrected chi connectivity index (χ4v) is 2.16. The number of hydrogen-bond acceptors (Lipinski definition) is 5. The highest BCUT2D eigenvalue weighted by molar-refractivity contribution is 7.99. The average molecular weight is 226 g/mol. The van der Waals surface area contributed by atoms with Gasteiger partial charge in [-0.05, 0) is 6.92 Å². The van der Waals surface area contributed by atoms with Gasteiger partial charge in [-0.25, -0.2) is 4.79 Å². The third-order valence-corrected chi connectivity index (χ3v) is 2.92. The number of carbonyl (C=O) groups excluding carboxylic acids is 1. The van der Waals surface area contributed by atoms with Gasteiger partial charge in [-0.15, -0.1) is 0 Å². The second-order valence-electron chi connectivity index (χ2n) is 3.02. The monoisotopic (exact) mass is 226 g/mol. The van der Waals surface area contributed by atoms with E-state index in [0.717, 1.165) is 24.6 Å². The number of rotatable bonds is 3. The van der Waals surface area contributed by atoms with Crippen molar-refractivity contribution in [1.29, 1.82) is 5.26 Å². The molecule has 82 valence electrons. The van der Waals surface area contributed by atoms with E-state index in [-0.39, 0.29) is 5.57 Å². The first kappa shape index (κ1) is 11.9. The van der Waals surface area contributed by atoms with Gasteiger partial charge in [-0.1, -0.05) is 0 Å². The normalized spacial score (nSPS) is 17.1. The zero-order chi connectivity index (χ0) is 11.1. The number of esters is 1. The molecule has 0 atom stereocenters. The van der Waals surface area contributed by atoms with E-state index in [9.17, 15) is 4.79 Å². The predicted octanol–water partition coefficient (Wildman–Crippen LogP) is 1.01. The molecule has 1 saturated heterocycles. The summed E-state index contributed by atoms with van der Waals surface area (Å²) in [5.74, 6) is 1.55. The van der Waals surface area contributed by atoms with Crippen LogP contribution in [-0.2, 0) is 9.53 Å². The van der Waals surface area contributed by atoms with Crippen molar-refractivity contribution in [2.24, 2.45) is 0 Å². The molecule has 1 heterocycles. The maximum Gasteiger partial charge on any atom is 0.350 e. The van der Waals surface area contributed by atoms with Gasteiger partial charge < -0.3 is 9.64 Å². The average Bonchev–Trinajstić information content (AvgIpc) is 2.27. The van der Waals surface area contributed by atoms with Crippen LogP contribution in [-0.4, -0.2) is 42.1 Å². The van der Waals surface area contributed by atoms with Crippen LogP contribution in [0.1, 0.15) is 6.92 Å². The van der Waals surface area contributed by atoms with Crippen molar-refractivity contribution < 1.29 is 9.53 Å². The van der Waals surface area contributed by atoms with Gasteiger partial charge in [0, 0.05) is 30.8 Å². The lowest BCUT2D eigenvalue weighted by atomic mass is 10.3. The molecule has 0 amide bonds. The highest BCUT2D eigenvalue weighted by Crippen LogP contribution is 2.11. The first-order valence-electron chi connectivity index (χ1n) is 4.88. The maximum atomic E-state index is 11.3. The Bertz CT molecular complexity index is 290. The molecule has 0 N–H and O–H groups in total. The van der Waals surface area contributed by atoms with Crippen molar-refractivity contribution in [1.82, 2.24) is 4.90 Å². The van der Waals surface area contributed by atoms with Crippen LogP contribution in [0.3, 0.4) is 0 Å². The van der Waals surface area contributed by atoms with E-state index in [1.165, 1.54) is 0 Å². The van der Waals surface area contributed by atoms with E-state index >= 15 is 0 Å². The Hall–Kier alpha value is -1.15. The molecule has 0 aromatic carbocycles. The van der Waals surface area contributed by atoms with Crippen LogP contribution >= 0.6 is 11.8 Å². The lowest BCUT2D eigenvalue weighted by Gasteiger charge is -2.24. The third-order valence-electron chi connectivity index (χ3n) is 1.97. The molecule has 0 radical (unpaired) electrons. The predicted molar refractivity (Wildman–Crippen MR) is 59.2 cm³/mol. The molecular formula is C10H14N2O2S. The topological polar surface area (TPSA) is 53.3 Å². The Kier molecular flexibility index (Phi) is 5.05. The molecule has 1 aliphatic rings. The molecule has 1 aliphatic heterocycles. The number of ether oxygens (including phenoxy) is 1. The Morgan fingerprint density at radius 2 is 2.27 bits per heavy atom. The van der Waals surface area contributed by atoms with Gasteiger partial charge in [0.2, 0.25) is 0 Å². The number of hydrogen-bond donors (Lipinski definition) is 0. The molecule has 0 spiro atoms. The number of thioether (sulfide) groups is 1. The molecule has 0 aromatic rings. The molecule has 1 fully saturated rings. The van der Waals surface area contributed by atoms with E-state index in [4.69, 9.17) is 10.00 Å². The minimum absolute atomic E-state index is 0.0868. The quantitative estimate of drug-likeness (QED) is 0.408. The fourth-order valence-electron chi connectivity index (χ4n) is 1.23. The molecule has 0 aliphatic carbocycles. The van der Waals surface area contributed by atoms with E-state index in [1.54, 1.807) is 13.1 Å². The number of carbonyl (C=O) groups is 1. The summed E-state index contributed by atoms with van der Waals surface area (Å²) in [6, 6.07) is 1.87. The van der Waals surface area contributed by atoms with Crippen molar-refractivity contribution in [3.63, 3.8) is 0 Å². The molecule has 0 unspecified atom stereocenters. The van der Waals surface area contributed by atoms with Gasteiger partial charge in [0.25, 0.3) is 0 Å². The summed E-state index contributed by atoms with van der Waals surface area (Å²) in [7, 11) is 0. The number of nitrogens with zero attached hydrogens (tertiary/aromatic N) is 2. The van der Waals surface area contributed by atoms with Crippen LogP contribution in [0.4, 0.5) is 0 Å². The fraction of sp³-hybridized carbons (Fsp3) is 0.600. The zero-order valence-corrected chi connectivity index (χ0v) is 9.55. The van der Waals surface area contributed by atoms with Crippen molar-refractivity contribution in [3.8, 4) is 6.07 Å². The number of nitriles is 1. The Morgan fingerprint density at radius 3 is 2.80 bits per heavy atom. The minimum Gasteiger partial charge on any atom is -0.462 e. The van der Waals surface area contributed by atoms with Gasteiger partial charge in [-0.3, -0.25) is 0 Å². The summed E-state index contributed by atoms with van der Waals surface area (Å²) < 4.78 is 4.77. The van der Waals surface area contributed by atoms with E-state index in [0.29, 0.717) is 6.61 Å². The zero-order valence-electron chi connectivity index (χ0n) is 8.73. The van der Waals surface area contributed by atoms with Crippen LogP contribution in [0.2, 0.25) is 0 Å². The van der Waals surface area contributed by atoms with E-state index < -0.39 is 5.97 Å². The van der Waals surface area contributed by atoms with Crippen molar-refractivity contribution in [3.05, 3.63) is 11.8 Å². The second kappa shape index (κ2) is 6.36. The first-order valence-corrected chi connectivity index (χ1v) is 6.04.